The topological polar surface area (TPSA) is 248 Å². The second-order valence-electron chi connectivity index (χ2n) is 17.9. The molecule has 0 aromatic carbocycles. The van der Waals surface area contributed by atoms with Crippen LogP contribution in [0.2, 0.25) is 0 Å². The fourth-order valence-electron chi connectivity index (χ4n) is 8.67. The van der Waals surface area contributed by atoms with Gasteiger partial charge >= 0.3 is 24.2 Å². The van der Waals surface area contributed by atoms with Crippen LogP contribution in [0, 0.1) is 0 Å². The van der Waals surface area contributed by atoms with Crippen LogP contribution in [0.25, 0.3) is 0 Å². The molecule has 3 N–H and O–H groups in total. The second kappa shape index (κ2) is 26.4. The van der Waals surface area contributed by atoms with Gasteiger partial charge in [-0.15, -0.1) is 24.8 Å². The summed E-state index contributed by atoms with van der Waals surface area (Å²) in [6, 6.07) is 0. The molecule has 0 bridgehead atoms. The molecule has 1 unspecified atom stereocenters. The van der Waals surface area contributed by atoms with Crippen LogP contribution in [0.4, 0.5) is 55.5 Å². The maximum Gasteiger partial charge on any atom is 0.453 e. The summed E-state index contributed by atoms with van der Waals surface area (Å²) >= 11 is 0. The lowest BCUT2D eigenvalue weighted by Crippen LogP contribution is -2.62. The highest BCUT2D eigenvalue weighted by Crippen LogP contribution is 2.40. The van der Waals surface area contributed by atoms with E-state index in [2.05, 4.69) is 25.4 Å². The largest absolute Gasteiger partial charge is 0.453 e. The van der Waals surface area contributed by atoms with E-state index in [1.54, 1.807) is 9.80 Å². The van der Waals surface area contributed by atoms with E-state index in [-0.39, 0.29) is 141 Å². The van der Waals surface area contributed by atoms with E-state index in [1.165, 1.54) is 22.2 Å². The van der Waals surface area contributed by atoms with Crippen LogP contribution in [-0.2, 0) is 61.5 Å². The fourth-order valence-corrected chi connectivity index (χ4v) is 12.9. The SMILES string of the molecule is Cl.Cl.O=C(NO)C1(S(=O)(=O)N2CCN(c3cnc(CCC(F)(F)C(F)(F)F)cn3)CC2)CCOCC1.O=C(NOC1CCCCO1)C1(S(=O)(=O)N2CCN(c3cnc(CCC(F)(F)C(F)(F)F)cn3)CC2)CCOCC1. The average molecular weight is 1190 g/mol. The Labute approximate surface area is 442 Å². The average Bonchev–Trinajstić information content (AvgIpc) is 3.39. The lowest BCUT2D eigenvalue weighted by molar-refractivity contribution is -0.284. The zero-order valence-corrected chi connectivity index (χ0v) is 43.6. The molecule has 5 aliphatic heterocycles. The molecule has 21 nitrogen and oxygen atoms in total. The van der Waals surface area contributed by atoms with Gasteiger partial charge in [0.1, 0.15) is 11.6 Å². The number of ether oxygens (including phenoxy) is 3. The third-order valence-electron chi connectivity index (χ3n) is 13.3. The van der Waals surface area contributed by atoms with Crippen molar-refractivity contribution in [2.75, 3.05) is 95.2 Å². The van der Waals surface area contributed by atoms with Gasteiger partial charge in [-0.25, -0.2) is 42.6 Å². The van der Waals surface area contributed by atoms with Gasteiger partial charge in [0.25, 0.3) is 11.8 Å². The molecule has 1 atom stereocenters. The Balaban J connectivity index is 0.000000324. The Morgan fingerprint density at radius 3 is 1.33 bits per heavy atom. The first kappa shape index (κ1) is 64.7. The van der Waals surface area contributed by atoms with Crippen LogP contribution in [-0.4, -0.2) is 188 Å². The summed E-state index contributed by atoms with van der Waals surface area (Å²) in [7, 11) is -8.30. The minimum Gasteiger partial charge on any atom is -0.381 e. The van der Waals surface area contributed by atoms with E-state index in [9.17, 15) is 70.3 Å². The number of nitrogens with zero attached hydrogens (tertiary/aromatic N) is 8. The van der Waals surface area contributed by atoms with Gasteiger partial charge in [0.2, 0.25) is 20.0 Å². The summed E-state index contributed by atoms with van der Waals surface area (Å²) in [6.45, 7) is 1.57. The van der Waals surface area contributed by atoms with Crippen LogP contribution >= 0.6 is 24.8 Å². The quantitative estimate of drug-likeness (QED) is 0.121. The van der Waals surface area contributed by atoms with Crippen molar-refractivity contribution >= 4 is 68.3 Å². The molecule has 2 aromatic heterocycles. The predicted molar refractivity (Wildman–Crippen MR) is 251 cm³/mol. The number of hydroxylamine groups is 2. The standard InChI is InChI=1S/C23H32F5N5O6S.C18H24F5N5O5S.2ClH/c24-22(25,23(26,27)28)5-4-17-15-30-18(16-29-17)32-8-10-33(11-9-32)40(35,36)21(6-13-37-14-7-21)20(34)31-39-19-3-1-2-12-38-19;19-17(20,18(21,22)23)2-1-13-11-25-14(12-24-13)27-5-7-28(8-6-27)34(31,32)16(15(29)26-30)3-9-33-10-4-16;;/h15-16,19H,1-14H2,(H,31,34);11-12,30H,1-10H2,(H,26,29);2*1H. The van der Waals surface area contributed by atoms with Gasteiger partial charge in [0.05, 0.1) is 36.2 Å². The van der Waals surface area contributed by atoms with Crippen LogP contribution in [0.3, 0.4) is 0 Å². The highest BCUT2D eigenvalue weighted by Gasteiger charge is 2.59. The second-order valence-corrected chi connectivity index (χ2v) is 22.4. The number of rotatable bonds is 16. The Kier molecular flexibility index (Phi) is 22.5. The molecule has 2 aromatic rings. The molecule has 76 heavy (non-hydrogen) atoms. The smallest absolute Gasteiger partial charge is 0.381 e. The summed E-state index contributed by atoms with van der Waals surface area (Å²) in [5, 5.41) is 9.11. The number of hydrogen-bond acceptors (Lipinski definition) is 17. The highest BCUT2D eigenvalue weighted by atomic mass is 35.5. The van der Waals surface area contributed by atoms with E-state index in [0.717, 1.165) is 29.5 Å². The lowest BCUT2D eigenvalue weighted by Gasteiger charge is -2.42. The number of carbonyl (C=O) groups is 2. The first-order valence-electron chi connectivity index (χ1n) is 23.4. The van der Waals surface area contributed by atoms with Crippen molar-refractivity contribution in [2.45, 2.75) is 111 Å². The number of alkyl halides is 10. The Morgan fingerprint density at radius 1 is 0.605 bits per heavy atom. The first-order valence-corrected chi connectivity index (χ1v) is 26.3. The normalized spacial score (nSPS) is 21.2. The molecule has 7 rings (SSSR count). The van der Waals surface area contributed by atoms with Crippen molar-refractivity contribution in [3.05, 3.63) is 36.2 Å². The van der Waals surface area contributed by atoms with Crippen molar-refractivity contribution in [3.63, 3.8) is 0 Å². The summed E-state index contributed by atoms with van der Waals surface area (Å²) < 4.78 is 195. The van der Waals surface area contributed by atoms with Gasteiger partial charge in [0.15, 0.2) is 15.8 Å². The van der Waals surface area contributed by atoms with Crippen LogP contribution in [0.1, 0.15) is 69.2 Å². The molecule has 2 amide bonds. The Morgan fingerprint density at radius 2 is 1.00 bits per heavy atom. The molecule has 5 fully saturated rings. The number of halogens is 12. The predicted octanol–water partition coefficient (Wildman–Crippen LogP) is 4.14. The molecule has 0 radical (unpaired) electrons. The maximum atomic E-state index is 13.8. The van der Waals surface area contributed by atoms with Crippen molar-refractivity contribution in [1.29, 1.82) is 0 Å². The van der Waals surface area contributed by atoms with Crippen LogP contribution in [0.5, 0.6) is 0 Å². The van der Waals surface area contributed by atoms with Gasteiger partial charge < -0.3 is 24.0 Å². The molecular weight excluding hydrogens is 1130 g/mol. The Bertz CT molecular complexity index is 2410. The van der Waals surface area contributed by atoms with E-state index < -0.39 is 97.5 Å². The zero-order chi connectivity index (χ0) is 54.2. The van der Waals surface area contributed by atoms with E-state index in [4.69, 9.17) is 24.3 Å². The number of nitrogens with one attached hydrogen (secondary N) is 2. The molecule has 7 heterocycles. The molecule has 0 spiro atoms. The van der Waals surface area contributed by atoms with Crippen LogP contribution < -0.4 is 20.8 Å². The zero-order valence-electron chi connectivity index (χ0n) is 40.4. The van der Waals surface area contributed by atoms with Crippen molar-refractivity contribution in [3.8, 4) is 0 Å². The highest BCUT2D eigenvalue weighted by molar-refractivity contribution is 7.91. The molecule has 0 saturated carbocycles. The minimum absolute atomic E-state index is 0. The monoisotopic (exact) mass is 1190 g/mol. The van der Waals surface area contributed by atoms with Crippen molar-refractivity contribution in [2.24, 2.45) is 0 Å². The van der Waals surface area contributed by atoms with Gasteiger partial charge in [-0.2, -0.15) is 52.5 Å². The number of anilines is 2. The molecule has 0 aliphatic carbocycles. The molecule has 434 valence electrons. The van der Waals surface area contributed by atoms with Crippen molar-refractivity contribution < 1.29 is 94.6 Å². The number of amides is 2. The third-order valence-corrected chi connectivity index (χ3v) is 18.6. The first-order chi connectivity index (χ1) is 34.7. The minimum atomic E-state index is -5.64. The lowest BCUT2D eigenvalue weighted by atomic mass is 9.98. The van der Waals surface area contributed by atoms with Gasteiger partial charge in [0, 0.05) is 130 Å². The molecule has 5 saturated heterocycles. The van der Waals surface area contributed by atoms with Crippen LogP contribution in [0.15, 0.2) is 24.8 Å². The van der Waals surface area contributed by atoms with E-state index >= 15 is 0 Å². The van der Waals surface area contributed by atoms with Gasteiger partial charge in [-0.05, 0) is 25.7 Å². The summed E-state index contributed by atoms with van der Waals surface area (Å²) in [5.41, 5.74) is 3.70. The number of sulfonamides is 2. The molecule has 5 aliphatic rings. The number of piperazine rings is 2. The van der Waals surface area contributed by atoms with E-state index in [1.807, 2.05) is 0 Å². The fraction of sp³-hybridized carbons (Fsp3) is 0.756. The number of carbonyl (C=O) groups excluding carboxylic acids is 2. The van der Waals surface area contributed by atoms with Gasteiger partial charge in [-0.3, -0.25) is 24.8 Å². The Hall–Kier alpha value is -3.80. The summed E-state index contributed by atoms with van der Waals surface area (Å²) in [5.74, 6) is -10.8. The van der Waals surface area contributed by atoms with E-state index in [0.29, 0.717) is 24.7 Å². The van der Waals surface area contributed by atoms with Crippen molar-refractivity contribution in [1.82, 2.24) is 39.5 Å². The summed E-state index contributed by atoms with van der Waals surface area (Å²) in [4.78, 5) is 50.3. The molecular formula is C41H58Cl2F10N10O11S2. The number of hydrogen-bond donors (Lipinski definition) is 3. The third kappa shape index (κ3) is 14.7. The number of aromatic nitrogens is 4. The maximum absolute atomic E-state index is 13.8. The van der Waals surface area contributed by atoms with Gasteiger partial charge in [-0.1, -0.05) is 0 Å². The number of aryl methyl sites for hydroxylation is 2. The summed E-state index contributed by atoms with van der Waals surface area (Å²) in [6.07, 6.45) is -9.32. The molecule has 35 heteroatoms.